The number of halogens is 3. The highest BCUT2D eigenvalue weighted by Crippen LogP contribution is 2.18. The Bertz CT molecular complexity index is 459. The number of aliphatic carboxylic acids is 1. The third-order valence-electron chi connectivity index (χ3n) is 2.29. The van der Waals surface area contributed by atoms with Gasteiger partial charge < -0.3 is 19.7 Å². The minimum Gasteiger partial charge on any atom is -0.480 e. The number of carboxylic acid groups (broad SMARTS) is 1. The molecule has 0 aliphatic carbocycles. The summed E-state index contributed by atoms with van der Waals surface area (Å²) in [6.45, 7) is -1.19. The molecule has 0 saturated carbocycles. The molecule has 1 heterocycles. The molecule has 2 N–H and O–H groups in total. The van der Waals surface area contributed by atoms with Gasteiger partial charge in [-0.05, 0) is 19.1 Å². The van der Waals surface area contributed by atoms with Gasteiger partial charge in [0.1, 0.15) is 18.8 Å². The monoisotopic (exact) mass is 294 g/mol. The number of carbonyl (C=O) groups excluding carboxylic acids is 1. The van der Waals surface area contributed by atoms with Crippen molar-refractivity contribution in [3.63, 3.8) is 0 Å². The van der Waals surface area contributed by atoms with Gasteiger partial charge in [-0.15, -0.1) is 0 Å². The first-order valence-electron chi connectivity index (χ1n) is 5.56. The number of nitrogens with zero attached hydrogens (tertiary/aromatic N) is 1. The van der Waals surface area contributed by atoms with Gasteiger partial charge in [0.05, 0.1) is 12.3 Å². The number of alkyl halides is 3. The molecule has 0 aromatic carbocycles. The van der Waals surface area contributed by atoms with Gasteiger partial charge in [-0.1, -0.05) is 0 Å². The van der Waals surface area contributed by atoms with E-state index in [0.717, 1.165) is 0 Å². The van der Waals surface area contributed by atoms with Crippen molar-refractivity contribution >= 4 is 12.0 Å². The van der Waals surface area contributed by atoms with E-state index in [0.29, 0.717) is 5.76 Å². The summed E-state index contributed by atoms with van der Waals surface area (Å²) in [4.78, 5) is 22.3. The maximum atomic E-state index is 12.3. The molecule has 9 heteroatoms. The van der Waals surface area contributed by atoms with E-state index in [2.05, 4.69) is 5.32 Å². The minimum atomic E-state index is -4.68. The maximum absolute atomic E-state index is 12.3. The predicted octanol–water partition coefficient (Wildman–Crippen LogP) is 2.00. The largest absolute Gasteiger partial charge is 0.480 e. The third-order valence-corrected chi connectivity index (χ3v) is 2.29. The molecule has 0 saturated heterocycles. The van der Waals surface area contributed by atoms with Crippen LogP contribution in [0.3, 0.4) is 0 Å². The van der Waals surface area contributed by atoms with Crippen LogP contribution in [0.25, 0.3) is 0 Å². The van der Waals surface area contributed by atoms with Crippen molar-refractivity contribution in [2.24, 2.45) is 0 Å². The molecule has 1 rings (SSSR count). The number of carboxylic acids is 1. The van der Waals surface area contributed by atoms with Crippen LogP contribution in [-0.4, -0.2) is 41.3 Å². The number of amides is 2. The van der Waals surface area contributed by atoms with Crippen LogP contribution < -0.4 is 5.32 Å². The summed E-state index contributed by atoms with van der Waals surface area (Å²) in [6, 6.07) is 1.29. The molecule has 1 unspecified atom stereocenters. The average molecular weight is 294 g/mol. The predicted molar refractivity (Wildman–Crippen MR) is 60.9 cm³/mol. The molecule has 1 atom stereocenters. The SMILES string of the molecule is CC(NC(=O)N(CC(=O)O)CC(F)(F)F)c1ccco1. The average Bonchev–Trinajstić information content (AvgIpc) is 2.78. The minimum absolute atomic E-state index is 0.168. The van der Waals surface area contributed by atoms with Gasteiger partial charge in [-0.25, -0.2) is 4.79 Å². The normalized spacial score (nSPS) is 12.8. The second kappa shape index (κ2) is 6.31. The molecule has 6 nitrogen and oxygen atoms in total. The highest BCUT2D eigenvalue weighted by atomic mass is 19.4. The number of rotatable bonds is 5. The van der Waals surface area contributed by atoms with Gasteiger partial charge in [-0.2, -0.15) is 13.2 Å². The first-order chi connectivity index (χ1) is 9.19. The number of carbonyl (C=O) groups is 2. The lowest BCUT2D eigenvalue weighted by Gasteiger charge is -2.24. The molecule has 112 valence electrons. The fourth-order valence-electron chi connectivity index (χ4n) is 1.46. The van der Waals surface area contributed by atoms with Crippen molar-refractivity contribution in [1.29, 1.82) is 0 Å². The molecule has 0 fully saturated rings. The third kappa shape index (κ3) is 5.21. The Morgan fingerprint density at radius 1 is 1.50 bits per heavy atom. The molecular weight excluding hydrogens is 281 g/mol. The van der Waals surface area contributed by atoms with Crippen LogP contribution in [0, 0.1) is 0 Å². The zero-order valence-electron chi connectivity index (χ0n) is 10.5. The fraction of sp³-hybridized carbons (Fsp3) is 0.455. The Hall–Kier alpha value is -2.19. The molecule has 1 aromatic heterocycles. The second-order valence-electron chi connectivity index (χ2n) is 4.05. The quantitative estimate of drug-likeness (QED) is 0.870. The van der Waals surface area contributed by atoms with Gasteiger partial charge in [0, 0.05) is 0 Å². The number of nitrogens with one attached hydrogen (secondary N) is 1. The summed E-state index contributed by atoms with van der Waals surface area (Å²) in [7, 11) is 0. The van der Waals surface area contributed by atoms with Crippen LogP contribution in [0.4, 0.5) is 18.0 Å². The van der Waals surface area contributed by atoms with Crippen molar-refractivity contribution in [2.45, 2.75) is 19.1 Å². The van der Waals surface area contributed by atoms with Crippen molar-refractivity contribution in [3.05, 3.63) is 24.2 Å². The lowest BCUT2D eigenvalue weighted by molar-refractivity contribution is -0.149. The lowest BCUT2D eigenvalue weighted by Crippen LogP contribution is -2.47. The van der Waals surface area contributed by atoms with Crippen molar-refractivity contribution in [2.75, 3.05) is 13.1 Å². The number of hydrogen-bond acceptors (Lipinski definition) is 3. The number of hydrogen-bond donors (Lipinski definition) is 2. The second-order valence-corrected chi connectivity index (χ2v) is 4.05. The summed E-state index contributed by atoms with van der Waals surface area (Å²) in [5.41, 5.74) is 0. The summed E-state index contributed by atoms with van der Waals surface area (Å²) < 4.78 is 41.9. The van der Waals surface area contributed by atoms with E-state index in [1.807, 2.05) is 0 Å². The van der Waals surface area contributed by atoms with E-state index >= 15 is 0 Å². The highest BCUT2D eigenvalue weighted by Gasteiger charge is 2.34. The zero-order chi connectivity index (χ0) is 15.3. The van der Waals surface area contributed by atoms with Crippen LogP contribution in [0.1, 0.15) is 18.7 Å². The first-order valence-corrected chi connectivity index (χ1v) is 5.56. The Morgan fingerprint density at radius 2 is 2.15 bits per heavy atom. The Kier molecular flexibility index (Phi) is 5.00. The Morgan fingerprint density at radius 3 is 2.60 bits per heavy atom. The van der Waals surface area contributed by atoms with E-state index < -0.39 is 37.3 Å². The molecule has 0 aliphatic heterocycles. The lowest BCUT2D eigenvalue weighted by atomic mass is 10.2. The van der Waals surface area contributed by atoms with Crippen LogP contribution in [0.5, 0.6) is 0 Å². The van der Waals surface area contributed by atoms with Crippen LogP contribution in [-0.2, 0) is 4.79 Å². The van der Waals surface area contributed by atoms with Gasteiger partial charge in [0.2, 0.25) is 0 Å². The zero-order valence-corrected chi connectivity index (χ0v) is 10.5. The fourth-order valence-corrected chi connectivity index (χ4v) is 1.46. The van der Waals surface area contributed by atoms with Crippen LogP contribution in [0.15, 0.2) is 22.8 Å². The van der Waals surface area contributed by atoms with E-state index in [1.165, 1.54) is 19.3 Å². The van der Waals surface area contributed by atoms with Crippen molar-refractivity contribution in [3.8, 4) is 0 Å². The van der Waals surface area contributed by atoms with E-state index in [-0.39, 0.29) is 4.90 Å². The Labute approximate surface area is 112 Å². The summed E-state index contributed by atoms with van der Waals surface area (Å²) in [6.07, 6.45) is -3.33. The van der Waals surface area contributed by atoms with Gasteiger partial charge in [-0.3, -0.25) is 4.79 Å². The molecular formula is C11H13F3N2O4. The standard InChI is InChI=1S/C11H13F3N2O4/c1-7(8-3-2-4-20-8)15-10(19)16(5-9(17)18)6-11(12,13)14/h2-4,7H,5-6H2,1H3,(H,15,19)(H,17,18). The molecule has 20 heavy (non-hydrogen) atoms. The Balaban J connectivity index is 2.70. The summed E-state index contributed by atoms with van der Waals surface area (Å²) in [5, 5.41) is 10.8. The van der Waals surface area contributed by atoms with Gasteiger partial charge in [0.15, 0.2) is 0 Å². The van der Waals surface area contributed by atoms with Crippen LogP contribution in [0.2, 0.25) is 0 Å². The number of furan rings is 1. The van der Waals surface area contributed by atoms with E-state index in [1.54, 1.807) is 6.07 Å². The molecule has 0 radical (unpaired) electrons. The van der Waals surface area contributed by atoms with Gasteiger partial charge in [0.25, 0.3) is 0 Å². The van der Waals surface area contributed by atoms with Crippen molar-refractivity contribution < 1.29 is 32.3 Å². The topological polar surface area (TPSA) is 82.8 Å². The molecule has 0 spiro atoms. The number of urea groups is 1. The maximum Gasteiger partial charge on any atom is 0.406 e. The molecule has 2 amide bonds. The highest BCUT2D eigenvalue weighted by molar-refractivity contribution is 5.80. The first kappa shape index (κ1) is 15.9. The van der Waals surface area contributed by atoms with Crippen LogP contribution >= 0.6 is 0 Å². The molecule has 0 aliphatic rings. The van der Waals surface area contributed by atoms with E-state index in [4.69, 9.17) is 9.52 Å². The summed E-state index contributed by atoms with van der Waals surface area (Å²) in [5.74, 6) is -1.18. The molecule has 1 aromatic rings. The smallest absolute Gasteiger partial charge is 0.406 e. The van der Waals surface area contributed by atoms with Crippen molar-refractivity contribution in [1.82, 2.24) is 10.2 Å². The molecule has 0 bridgehead atoms. The summed E-state index contributed by atoms with van der Waals surface area (Å²) >= 11 is 0. The van der Waals surface area contributed by atoms with Gasteiger partial charge >= 0.3 is 18.2 Å². The van der Waals surface area contributed by atoms with E-state index in [9.17, 15) is 22.8 Å².